The lowest BCUT2D eigenvalue weighted by atomic mass is 9.97. The number of Topliss-reactive ketones (excluding diaryl/α,β-unsaturated/α-hetero) is 1. The number of hydrogen-bond donors (Lipinski definition) is 2. The summed E-state index contributed by atoms with van der Waals surface area (Å²) in [6.45, 7) is 1.71. The third-order valence-electron chi connectivity index (χ3n) is 3.35. The third kappa shape index (κ3) is 2.66. The zero-order chi connectivity index (χ0) is 16.5. The summed E-state index contributed by atoms with van der Waals surface area (Å²) in [7, 11) is 0. The highest BCUT2D eigenvalue weighted by Crippen LogP contribution is 2.41. The molecule has 0 bridgehead atoms. The number of carboxylic acid groups (broad SMARTS) is 1. The zero-order valence-corrected chi connectivity index (χ0v) is 12.7. The minimum Gasteiger partial charge on any atom is -0.622 e. The van der Waals surface area contributed by atoms with Crippen LogP contribution >= 0.6 is 11.8 Å². The molecule has 22 heavy (non-hydrogen) atoms. The molecule has 0 fully saturated rings. The molecule has 0 saturated carbocycles. The number of rotatable bonds is 5. The highest BCUT2D eigenvalue weighted by molar-refractivity contribution is 7.99. The van der Waals surface area contributed by atoms with Crippen molar-refractivity contribution in [2.24, 2.45) is 5.73 Å². The summed E-state index contributed by atoms with van der Waals surface area (Å²) in [5, 5.41) is 21.9. The molecule has 0 spiro atoms. The number of aliphatic carboxylic acids is 1. The van der Waals surface area contributed by atoms with Crippen molar-refractivity contribution < 1.29 is 19.1 Å². The smallest absolute Gasteiger partial charge is 0.345 e. The first-order valence-corrected chi connectivity index (χ1v) is 7.59. The number of ketones is 1. The van der Waals surface area contributed by atoms with Gasteiger partial charge in [-0.1, -0.05) is 0 Å². The number of fused-ring (bicyclic) bond motifs is 1. The molecule has 0 aromatic heterocycles. The van der Waals surface area contributed by atoms with Gasteiger partial charge in [-0.05, 0) is 19.1 Å². The Hall–Kier alpha value is -1.74. The van der Waals surface area contributed by atoms with Crippen molar-refractivity contribution in [1.82, 2.24) is 4.65 Å². The largest absolute Gasteiger partial charge is 0.622 e. The fourth-order valence-electron chi connectivity index (χ4n) is 2.29. The summed E-state index contributed by atoms with van der Waals surface area (Å²) < 4.78 is 12.9. The summed E-state index contributed by atoms with van der Waals surface area (Å²) in [6, 6.07) is 2.49. The third-order valence-corrected chi connectivity index (χ3v) is 4.44. The number of hydrogen-bond acceptors (Lipinski definition) is 5. The van der Waals surface area contributed by atoms with Gasteiger partial charge in [-0.2, -0.15) is 0 Å². The number of carboxylic acids is 1. The van der Waals surface area contributed by atoms with Gasteiger partial charge in [0.2, 0.25) is 5.78 Å². The summed E-state index contributed by atoms with van der Waals surface area (Å²) in [6.07, 6.45) is 0.757. The number of benzene rings is 1. The molecule has 8 heteroatoms. The molecule has 0 aliphatic carbocycles. The van der Waals surface area contributed by atoms with Crippen molar-refractivity contribution in [3.05, 3.63) is 40.5 Å². The van der Waals surface area contributed by atoms with Gasteiger partial charge in [0.15, 0.2) is 17.1 Å². The summed E-state index contributed by atoms with van der Waals surface area (Å²) in [4.78, 5) is 24.0. The van der Waals surface area contributed by atoms with Crippen molar-refractivity contribution in [3.8, 4) is 0 Å². The van der Waals surface area contributed by atoms with Crippen LogP contribution in [-0.4, -0.2) is 35.7 Å². The maximum Gasteiger partial charge on any atom is 0.345 e. The SMILES string of the molecule is CC[N+]1([O-])C=C(C(=O)O)C(=O)c2c(SCCN)ccc(F)c21. The molecule has 1 unspecified atom stereocenters. The van der Waals surface area contributed by atoms with E-state index in [1.54, 1.807) is 0 Å². The Morgan fingerprint density at radius 3 is 2.73 bits per heavy atom. The van der Waals surface area contributed by atoms with Gasteiger partial charge >= 0.3 is 5.97 Å². The molecule has 1 aliphatic heterocycles. The van der Waals surface area contributed by atoms with E-state index in [4.69, 9.17) is 10.8 Å². The number of halogens is 1. The van der Waals surface area contributed by atoms with Crippen LogP contribution in [0.2, 0.25) is 0 Å². The first kappa shape index (κ1) is 16.6. The van der Waals surface area contributed by atoms with E-state index < -0.39 is 27.8 Å². The van der Waals surface area contributed by atoms with Crippen molar-refractivity contribution in [1.29, 1.82) is 0 Å². The van der Waals surface area contributed by atoms with Gasteiger partial charge < -0.3 is 16.0 Å². The van der Waals surface area contributed by atoms with E-state index in [0.717, 1.165) is 12.3 Å². The van der Waals surface area contributed by atoms with Crippen LogP contribution in [0.5, 0.6) is 0 Å². The van der Waals surface area contributed by atoms with E-state index >= 15 is 0 Å². The van der Waals surface area contributed by atoms with Crippen molar-refractivity contribution in [2.75, 3.05) is 18.8 Å². The van der Waals surface area contributed by atoms with Crippen molar-refractivity contribution in [3.63, 3.8) is 0 Å². The van der Waals surface area contributed by atoms with Gasteiger partial charge in [0.25, 0.3) is 0 Å². The lowest BCUT2D eigenvalue weighted by Gasteiger charge is -2.41. The highest BCUT2D eigenvalue weighted by atomic mass is 32.2. The summed E-state index contributed by atoms with van der Waals surface area (Å²) >= 11 is 1.19. The van der Waals surface area contributed by atoms with Crippen LogP contribution in [0.3, 0.4) is 0 Å². The molecular formula is C14H15FN2O4S. The van der Waals surface area contributed by atoms with E-state index in [2.05, 4.69) is 0 Å². The Kier molecular flexibility index (Phi) is 4.66. The van der Waals surface area contributed by atoms with Gasteiger partial charge in [-0.15, -0.1) is 11.8 Å². The molecule has 3 N–H and O–H groups in total. The average Bonchev–Trinajstić information content (AvgIpc) is 2.49. The fourth-order valence-corrected chi connectivity index (χ4v) is 3.13. The van der Waals surface area contributed by atoms with Crippen LogP contribution in [0.1, 0.15) is 17.3 Å². The molecule has 1 atom stereocenters. The van der Waals surface area contributed by atoms with E-state index in [-0.39, 0.29) is 17.8 Å². The predicted octanol–water partition coefficient (Wildman–Crippen LogP) is 1.87. The fraction of sp³-hybridized carbons (Fsp3) is 0.286. The molecule has 1 heterocycles. The molecule has 118 valence electrons. The molecule has 6 nitrogen and oxygen atoms in total. The Morgan fingerprint density at radius 1 is 1.50 bits per heavy atom. The second kappa shape index (κ2) is 6.17. The monoisotopic (exact) mass is 326 g/mol. The summed E-state index contributed by atoms with van der Waals surface area (Å²) in [5.74, 6) is -2.71. The Balaban J connectivity index is 2.73. The summed E-state index contributed by atoms with van der Waals surface area (Å²) in [5.41, 5.74) is 4.28. The molecule has 1 aromatic carbocycles. The van der Waals surface area contributed by atoms with Gasteiger partial charge in [-0.25, -0.2) is 9.18 Å². The maximum atomic E-state index is 14.2. The topological polar surface area (TPSA) is 103 Å². The standard InChI is InChI=1S/C14H15FN2O4S/c1-2-17(21)7-8(14(19)20)13(18)11-10(22-6-5-16)4-3-9(15)12(11)17/h3-4,7H,2,5-6,16H2,1H3,(H,19,20). The van der Waals surface area contributed by atoms with Gasteiger partial charge in [0.05, 0.1) is 6.54 Å². The van der Waals surface area contributed by atoms with E-state index in [1.165, 1.54) is 24.8 Å². The molecule has 2 rings (SSSR count). The quantitative estimate of drug-likeness (QED) is 0.370. The van der Waals surface area contributed by atoms with Crippen LogP contribution in [-0.2, 0) is 4.79 Å². The average molecular weight is 326 g/mol. The zero-order valence-electron chi connectivity index (χ0n) is 11.8. The van der Waals surface area contributed by atoms with Crippen LogP contribution in [0, 0.1) is 11.0 Å². The molecular weight excluding hydrogens is 311 g/mol. The Morgan fingerprint density at radius 2 is 2.18 bits per heavy atom. The number of nitrogens with two attached hydrogens (primary N) is 1. The van der Waals surface area contributed by atoms with Gasteiger partial charge in [0.1, 0.15) is 11.8 Å². The van der Waals surface area contributed by atoms with Gasteiger partial charge in [0, 0.05) is 17.2 Å². The minimum atomic E-state index is -1.50. The number of quaternary nitrogens is 1. The molecule has 1 aliphatic rings. The number of carbonyl (C=O) groups is 2. The van der Waals surface area contributed by atoms with Crippen LogP contribution in [0.4, 0.5) is 10.1 Å². The lowest BCUT2D eigenvalue weighted by molar-refractivity contribution is -0.132. The van der Waals surface area contributed by atoms with Crippen LogP contribution in [0.15, 0.2) is 28.8 Å². The normalized spacial score (nSPS) is 20.5. The van der Waals surface area contributed by atoms with Crippen molar-refractivity contribution in [2.45, 2.75) is 11.8 Å². The number of hydroxylamine groups is 2. The first-order chi connectivity index (χ1) is 10.4. The minimum absolute atomic E-state index is 0.126. The second-order valence-corrected chi connectivity index (χ2v) is 5.83. The molecule has 0 radical (unpaired) electrons. The van der Waals surface area contributed by atoms with Crippen LogP contribution < -0.4 is 10.4 Å². The van der Waals surface area contributed by atoms with E-state index in [9.17, 15) is 19.2 Å². The number of carbonyl (C=O) groups excluding carboxylic acids is 1. The first-order valence-electron chi connectivity index (χ1n) is 6.61. The van der Waals surface area contributed by atoms with E-state index in [1.807, 2.05) is 0 Å². The maximum absolute atomic E-state index is 14.2. The van der Waals surface area contributed by atoms with Crippen LogP contribution in [0.25, 0.3) is 0 Å². The number of thioether (sulfide) groups is 1. The highest BCUT2D eigenvalue weighted by Gasteiger charge is 2.40. The number of nitrogens with zero attached hydrogens (tertiary/aromatic N) is 1. The predicted molar refractivity (Wildman–Crippen MR) is 81.9 cm³/mol. The van der Waals surface area contributed by atoms with E-state index in [0.29, 0.717) is 17.2 Å². The van der Waals surface area contributed by atoms with Gasteiger partial charge in [-0.3, -0.25) is 9.44 Å². The molecule has 0 saturated heterocycles. The Labute approximate surface area is 130 Å². The molecule has 0 amide bonds. The Bertz CT molecular complexity index is 677. The molecule has 1 aromatic rings. The lowest BCUT2D eigenvalue weighted by Crippen LogP contribution is -2.43. The second-order valence-electron chi connectivity index (χ2n) is 4.70. The van der Waals surface area contributed by atoms with Crippen molar-refractivity contribution >= 4 is 29.2 Å².